The molecule has 21 heavy (non-hydrogen) atoms. The van der Waals surface area contributed by atoms with E-state index >= 15 is 0 Å². The molecule has 6 nitrogen and oxygen atoms in total. The quantitative estimate of drug-likeness (QED) is 0.504. The molecule has 0 fully saturated rings. The Kier molecular flexibility index (Phi) is 8.34. The van der Waals surface area contributed by atoms with E-state index in [1.807, 2.05) is 0 Å². The molecule has 0 aliphatic heterocycles. The molecule has 0 aliphatic rings. The molecular formula is C14H21FN2O4. The molecule has 0 bridgehead atoms. The zero-order valence-electron chi connectivity index (χ0n) is 12.1. The van der Waals surface area contributed by atoms with Crippen molar-refractivity contribution in [2.75, 3.05) is 51.2 Å². The number of nitrogens with two attached hydrogens (primary N) is 1. The number of anilines is 2. The molecule has 0 heterocycles. The van der Waals surface area contributed by atoms with Crippen molar-refractivity contribution in [3.8, 4) is 0 Å². The monoisotopic (exact) mass is 300 g/mol. The van der Waals surface area contributed by atoms with E-state index in [0.717, 1.165) is 6.07 Å². The largest absolute Gasteiger partial charge is 0.397 e. The molecule has 1 aromatic carbocycles. The van der Waals surface area contributed by atoms with Crippen LogP contribution in [-0.2, 0) is 19.0 Å². The van der Waals surface area contributed by atoms with Crippen LogP contribution in [0.2, 0.25) is 0 Å². The molecular weight excluding hydrogens is 279 g/mol. The first-order valence-corrected chi connectivity index (χ1v) is 6.62. The van der Waals surface area contributed by atoms with Gasteiger partial charge in [0.05, 0.1) is 24.6 Å². The Morgan fingerprint density at radius 1 is 1.24 bits per heavy atom. The first kappa shape index (κ1) is 17.4. The second-order valence-corrected chi connectivity index (χ2v) is 4.29. The van der Waals surface area contributed by atoms with E-state index in [1.54, 1.807) is 7.11 Å². The van der Waals surface area contributed by atoms with Crippen molar-refractivity contribution in [3.05, 3.63) is 24.0 Å². The van der Waals surface area contributed by atoms with Gasteiger partial charge in [0.1, 0.15) is 12.4 Å². The summed E-state index contributed by atoms with van der Waals surface area (Å²) < 4.78 is 28.1. The van der Waals surface area contributed by atoms with Crippen molar-refractivity contribution in [2.45, 2.75) is 6.42 Å². The summed E-state index contributed by atoms with van der Waals surface area (Å²) in [6.07, 6.45) is 0.690. The number of rotatable bonds is 10. The number of nitrogen functional groups attached to an aromatic ring is 1. The van der Waals surface area contributed by atoms with Gasteiger partial charge >= 0.3 is 0 Å². The van der Waals surface area contributed by atoms with Crippen molar-refractivity contribution < 1.29 is 23.4 Å². The molecule has 0 atom stereocenters. The average molecular weight is 300 g/mol. The predicted octanol–water partition coefficient (Wildman–Crippen LogP) is 1.42. The lowest BCUT2D eigenvalue weighted by Crippen LogP contribution is -2.19. The molecule has 0 saturated carbocycles. The highest BCUT2D eigenvalue weighted by Crippen LogP contribution is 2.18. The average Bonchev–Trinajstić information content (AvgIpc) is 2.45. The highest BCUT2D eigenvalue weighted by atomic mass is 19.1. The van der Waals surface area contributed by atoms with Crippen LogP contribution < -0.4 is 11.1 Å². The van der Waals surface area contributed by atoms with Gasteiger partial charge in [-0.15, -0.1) is 0 Å². The first-order valence-electron chi connectivity index (χ1n) is 6.62. The van der Waals surface area contributed by atoms with Gasteiger partial charge in [0.15, 0.2) is 0 Å². The molecule has 3 N–H and O–H groups in total. The molecule has 0 radical (unpaired) electrons. The summed E-state index contributed by atoms with van der Waals surface area (Å²) in [5.74, 6) is -0.788. The Morgan fingerprint density at radius 3 is 2.71 bits per heavy atom. The van der Waals surface area contributed by atoms with E-state index in [0.29, 0.717) is 38.5 Å². The van der Waals surface area contributed by atoms with Crippen LogP contribution in [-0.4, -0.2) is 46.1 Å². The van der Waals surface area contributed by atoms with E-state index < -0.39 is 5.82 Å². The SMILES string of the molecule is COCCOCCCOCC(=O)Nc1ccc(F)cc1N. The molecule has 0 saturated heterocycles. The summed E-state index contributed by atoms with van der Waals surface area (Å²) in [5.41, 5.74) is 6.13. The van der Waals surface area contributed by atoms with Gasteiger partial charge in [0.25, 0.3) is 0 Å². The number of carbonyl (C=O) groups excluding carboxylic acids is 1. The second kappa shape index (κ2) is 10.1. The summed E-state index contributed by atoms with van der Waals surface area (Å²) in [5, 5.41) is 2.55. The zero-order valence-corrected chi connectivity index (χ0v) is 12.1. The van der Waals surface area contributed by atoms with Crippen LogP contribution in [0.1, 0.15) is 6.42 Å². The zero-order chi connectivity index (χ0) is 15.5. The van der Waals surface area contributed by atoms with E-state index in [2.05, 4.69) is 5.32 Å². The van der Waals surface area contributed by atoms with Crippen LogP contribution in [0.5, 0.6) is 0 Å². The van der Waals surface area contributed by atoms with Gasteiger partial charge in [0.2, 0.25) is 5.91 Å². The van der Waals surface area contributed by atoms with Crippen LogP contribution in [0.4, 0.5) is 15.8 Å². The first-order chi connectivity index (χ1) is 10.1. The molecule has 0 aromatic heterocycles. The summed E-state index contributed by atoms with van der Waals surface area (Å²) in [6.45, 7) is 1.98. The number of hydrogen-bond donors (Lipinski definition) is 2. The minimum atomic E-state index is -0.449. The number of benzene rings is 1. The van der Waals surface area contributed by atoms with E-state index in [1.165, 1.54) is 12.1 Å². The number of methoxy groups -OCH3 is 1. The van der Waals surface area contributed by atoms with Gasteiger partial charge in [0, 0.05) is 20.3 Å². The Morgan fingerprint density at radius 2 is 2.00 bits per heavy atom. The fraction of sp³-hybridized carbons (Fsp3) is 0.500. The van der Waals surface area contributed by atoms with Gasteiger partial charge in [-0.05, 0) is 24.6 Å². The smallest absolute Gasteiger partial charge is 0.250 e. The fourth-order valence-corrected chi connectivity index (χ4v) is 1.51. The molecule has 1 amide bonds. The Hall–Kier alpha value is -1.70. The Balaban J connectivity index is 2.11. The van der Waals surface area contributed by atoms with Gasteiger partial charge in [-0.1, -0.05) is 0 Å². The lowest BCUT2D eigenvalue weighted by atomic mass is 10.2. The van der Waals surface area contributed by atoms with Gasteiger partial charge in [-0.3, -0.25) is 4.79 Å². The number of carbonyl (C=O) groups is 1. The standard InChI is InChI=1S/C14H21FN2O4/c1-19-7-8-20-5-2-6-21-10-14(18)17-13-4-3-11(15)9-12(13)16/h3-4,9H,2,5-8,10,16H2,1H3,(H,17,18). The topological polar surface area (TPSA) is 82.8 Å². The summed E-state index contributed by atoms with van der Waals surface area (Å²) in [4.78, 5) is 11.6. The maximum atomic E-state index is 12.8. The molecule has 0 aliphatic carbocycles. The highest BCUT2D eigenvalue weighted by Gasteiger charge is 2.06. The van der Waals surface area contributed by atoms with E-state index in [9.17, 15) is 9.18 Å². The number of hydrogen-bond acceptors (Lipinski definition) is 5. The van der Waals surface area contributed by atoms with Crippen LogP contribution in [0.25, 0.3) is 0 Å². The number of ether oxygens (including phenoxy) is 3. The Bertz CT molecular complexity index is 443. The van der Waals surface area contributed by atoms with Gasteiger partial charge in [-0.25, -0.2) is 4.39 Å². The second-order valence-electron chi connectivity index (χ2n) is 4.29. The normalized spacial score (nSPS) is 10.6. The maximum absolute atomic E-state index is 12.8. The minimum Gasteiger partial charge on any atom is -0.397 e. The summed E-state index contributed by atoms with van der Waals surface area (Å²) >= 11 is 0. The third-order valence-corrected chi connectivity index (χ3v) is 2.53. The molecule has 7 heteroatoms. The Labute approximate surface area is 123 Å². The summed E-state index contributed by atoms with van der Waals surface area (Å²) in [6, 6.07) is 3.78. The van der Waals surface area contributed by atoms with E-state index in [-0.39, 0.29) is 18.2 Å². The van der Waals surface area contributed by atoms with Crippen LogP contribution in [0.3, 0.4) is 0 Å². The molecule has 0 spiro atoms. The van der Waals surface area contributed by atoms with Crippen molar-refractivity contribution >= 4 is 17.3 Å². The van der Waals surface area contributed by atoms with Gasteiger partial charge < -0.3 is 25.3 Å². The highest BCUT2D eigenvalue weighted by molar-refractivity contribution is 5.94. The molecule has 1 rings (SSSR count). The number of halogens is 1. The number of amides is 1. The maximum Gasteiger partial charge on any atom is 0.250 e. The third-order valence-electron chi connectivity index (χ3n) is 2.53. The van der Waals surface area contributed by atoms with Crippen LogP contribution >= 0.6 is 0 Å². The minimum absolute atomic E-state index is 0.0884. The number of nitrogens with one attached hydrogen (secondary N) is 1. The van der Waals surface area contributed by atoms with Crippen molar-refractivity contribution in [3.63, 3.8) is 0 Å². The molecule has 0 unspecified atom stereocenters. The summed E-state index contributed by atoms with van der Waals surface area (Å²) in [7, 11) is 1.61. The van der Waals surface area contributed by atoms with Crippen molar-refractivity contribution in [2.24, 2.45) is 0 Å². The predicted molar refractivity (Wildman–Crippen MR) is 77.6 cm³/mol. The van der Waals surface area contributed by atoms with Crippen LogP contribution in [0.15, 0.2) is 18.2 Å². The fourth-order valence-electron chi connectivity index (χ4n) is 1.51. The lowest BCUT2D eigenvalue weighted by molar-refractivity contribution is -0.120. The van der Waals surface area contributed by atoms with Crippen molar-refractivity contribution in [1.82, 2.24) is 0 Å². The lowest BCUT2D eigenvalue weighted by Gasteiger charge is -2.09. The van der Waals surface area contributed by atoms with Gasteiger partial charge in [-0.2, -0.15) is 0 Å². The van der Waals surface area contributed by atoms with Crippen LogP contribution in [0, 0.1) is 5.82 Å². The van der Waals surface area contributed by atoms with E-state index in [4.69, 9.17) is 19.9 Å². The molecule has 118 valence electrons. The van der Waals surface area contributed by atoms with Crippen molar-refractivity contribution in [1.29, 1.82) is 0 Å². The molecule has 1 aromatic rings. The third kappa shape index (κ3) is 7.60.